The molecule has 120 valence electrons. The van der Waals surface area contributed by atoms with Crippen molar-refractivity contribution in [2.75, 3.05) is 7.05 Å². The minimum atomic E-state index is -4.09. The Hall–Kier alpha value is -1.80. The molecule has 1 N–H and O–H groups in total. The van der Waals surface area contributed by atoms with Crippen molar-refractivity contribution in [3.05, 3.63) is 28.5 Å². The van der Waals surface area contributed by atoms with Crippen LogP contribution in [0.3, 0.4) is 0 Å². The first-order valence-corrected chi connectivity index (χ1v) is 7.81. The maximum atomic E-state index is 13.5. The van der Waals surface area contributed by atoms with Crippen LogP contribution >= 0.6 is 11.6 Å². The second kappa shape index (κ2) is 6.97. The van der Waals surface area contributed by atoms with Gasteiger partial charge in [-0.2, -0.15) is 13.4 Å². The van der Waals surface area contributed by atoms with Crippen LogP contribution in [0.1, 0.15) is 24.2 Å². The van der Waals surface area contributed by atoms with E-state index in [4.69, 9.17) is 11.6 Å². The van der Waals surface area contributed by atoms with Crippen LogP contribution in [0.2, 0.25) is 5.02 Å². The molecule has 0 atom stereocenters. The third-order valence-corrected chi connectivity index (χ3v) is 4.55. The van der Waals surface area contributed by atoms with E-state index in [-0.39, 0.29) is 10.6 Å². The molecule has 0 heterocycles. The second-order valence-corrected chi connectivity index (χ2v) is 6.55. The summed E-state index contributed by atoms with van der Waals surface area (Å²) < 4.78 is 40.0. The number of hydrogen-bond acceptors (Lipinski definition) is 5. The average Bonchev–Trinajstić information content (AvgIpc) is 2.41. The smallest absolute Gasteiger partial charge is 0.268 e. The van der Waals surface area contributed by atoms with Crippen molar-refractivity contribution >= 4 is 39.5 Å². The number of amides is 1. The molecule has 0 radical (unpaired) electrons. The summed E-state index contributed by atoms with van der Waals surface area (Å²) in [5.41, 5.74) is -0.766. The van der Waals surface area contributed by atoms with Crippen molar-refractivity contribution in [3.8, 4) is 0 Å². The molecule has 22 heavy (non-hydrogen) atoms. The summed E-state index contributed by atoms with van der Waals surface area (Å²) in [5.74, 6) is -1.91. The zero-order valence-electron chi connectivity index (χ0n) is 11.9. The van der Waals surface area contributed by atoms with E-state index in [1.165, 1.54) is 13.8 Å². The van der Waals surface area contributed by atoms with Crippen molar-refractivity contribution in [2.45, 2.75) is 19.9 Å². The molecule has 0 fully saturated rings. The summed E-state index contributed by atoms with van der Waals surface area (Å²) in [6.45, 7) is 2.96. The lowest BCUT2D eigenvalue weighted by Gasteiger charge is -2.25. The standard InChI is InChI=1S/C12H13ClFN3O4S/c1-7(2)17(22(20,21)15-3)12(19)8-4-11(16-6-18)10(14)5-9(8)13/h4-5,7,15H,1-3H3. The lowest BCUT2D eigenvalue weighted by atomic mass is 10.1. The highest BCUT2D eigenvalue weighted by molar-refractivity contribution is 7.87. The summed E-state index contributed by atoms with van der Waals surface area (Å²) in [6.07, 6.45) is 1.14. The van der Waals surface area contributed by atoms with Crippen molar-refractivity contribution in [1.29, 1.82) is 0 Å². The molecule has 7 nitrogen and oxygen atoms in total. The highest BCUT2D eigenvalue weighted by atomic mass is 35.5. The molecular weight excluding hydrogens is 337 g/mol. The second-order valence-electron chi connectivity index (χ2n) is 4.39. The summed E-state index contributed by atoms with van der Waals surface area (Å²) in [5, 5.41) is -0.302. The van der Waals surface area contributed by atoms with Crippen molar-refractivity contribution in [3.63, 3.8) is 0 Å². The molecule has 0 aromatic heterocycles. The molecule has 0 aliphatic rings. The van der Waals surface area contributed by atoms with Crippen molar-refractivity contribution < 1.29 is 22.4 Å². The van der Waals surface area contributed by atoms with E-state index < -0.39 is 33.7 Å². The summed E-state index contributed by atoms with van der Waals surface area (Å²) in [6, 6.07) is 0.949. The normalized spacial score (nSPS) is 11.2. The Bertz CT molecular complexity index is 745. The lowest BCUT2D eigenvalue weighted by Crippen LogP contribution is -2.47. The van der Waals surface area contributed by atoms with Gasteiger partial charge in [0.05, 0.1) is 10.6 Å². The van der Waals surface area contributed by atoms with Crippen LogP contribution in [0, 0.1) is 5.82 Å². The van der Waals surface area contributed by atoms with Gasteiger partial charge < -0.3 is 0 Å². The fourth-order valence-corrected chi connectivity index (χ4v) is 2.97. The van der Waals surface area contributed by atoms with Crippen LogP contribution in [0.25, 0.3) is 0 Å². The molecule has 0 aliphatic carbocycles. The topological polar surface area (TPSA) is 95.9 Å². The number of aliphatic imine (C=N–C) groups is 1. The third kappa shape index (κ3) is 3.69. The summed E-state index contributed by atoms with van der Waals surface area (Å²) in [7, 11) is -2.94. The number of rotatable bonds is 5. The first-order chi connectivity index (χ1) is 10.2. The Labute approximate surface area is 132 Å². The minimum Gasteiger partial charge on any atom is -0.268 e. The van der Waals surface area contributed by atoms with Gasteiger partial charge in [-0.15, -0.1) is 0 Å². The Kier molecular flexibility index (Phi) is 5.78. The molecule has 0 saturated carbocycles. The zero-order chi connectivity index (χ0) is 17.1. The number of isocyanates is 1. The molecule has 0 unspecified atom stereocenters. The Balaban J connectivity index is 3.49. The molecule has 10 heteroatoms. The maximum Gasteiger partial charge on any atom is 0.303 e. The van der Waals surface area contributed by atoms with Crippen molar-refractivity contribution in [1.82, 2.24) is 9.03 Å². The van der Waals surface area contributed by atoms with Gasteiger partial charge in [0, 0.05) is 13.1 Å². The fraction of sp³-hybridized carbons (Fsp3) is 0.333. The molecule has 0 saturated heterocycles. The molecule has 0 aliphatic heterocycles. The molecule has 0 bridgehead atoms. The maximum absolute atomic E-state index is 13.5. The largest absolute Gasteiger partial charge is 0.303 e. The molecule has 1 amide bonds. The summed E-state index contributed by atoms with van der Waals surface area (Å²) in [4.78, 5) is 25.8. The van der Waals surface area contributed by atoms with E-state index in [2.05, 4.69) is 4.99 Å². The lowest BCUT2D eigenvalue weighted by molar-refractivity contribution is 0.0834. The first kappa shape index (κ1) is 18.2. The quantitative estimate of drug-likeness (QED) is 0.647. The Morgan fingerprint density at radius 3 is 2.50 bits per heavy atom. The highest BCUT2D eigenvalue weighted by Gasteiger charge is 2.31. The third-order valence-electron chi connectivity index (χ3n) is 2.62. The highest BCUT2D eigenvalue weighted by Crippen LogP contribution is 2.28. The predicted octanol–water partition coefficient (Wildman–Crippen LogP) is 1.76. The van der Waals surface area contributed by atoms with Gasteiger partial charge in [0.15, 0.2) is 5.82 Å². The average molecular weight is 350 g/mol. The SMILES string of the molecule is CNS(=O)(=O)N(C(=O)c1cc(N=C=O)c(F)cc1Cl)C(C)C. The van der Waals surface area contributed by atoms with E-state index in [9.17, 15) is 22.4 Å². The van der Waals surface area contributed by atoms with E-state index in [1.54, 1.807) is 0 Å². The van der Waals surface area contributed by atoms with Gasteiger partial charge in [-0.05, 0) is 26.0 Å². The zero-order valence-corrected chi connectivity index (χ0v) is 13.5. The van der Waals surface area contributed by atoms with Crippen LogP contribution in [-0.4, -0.2) is 37.8 Å². The number of benzene rings is 1. The van der Waals surface area contributed by atoms with Gasteiger partial charge in [-0.25, -0.2) is 18.2 Å². The first-order valence-electron chi connectivity index (χ1n) is 5.99. The van der Waals surface area contributed by atoms with Gasteiger partial charge >= 0.3 is 10.2 Å². The Morgan fingerprint density at radius 2 is 2.05 bits per heavy atom. The van der Waals surface area contributed by atoms with Crippen LogP contribution < -0.4 is 4.72 Å². The van der Waals surface area contributed by atoms with E-state index in [1.807, 2.05) is 4.72 Å². The van der Waals surface area contributed by atoms with Gasteiger partial charge in [0.25, 0.3) is 5.91 Å². The van der Waals surface area contributed by atoms with Crippen LogP contribution in [0.15, 0.2) is 17.1 Å². The minimum absolute atomic E-state index is 0.301. The van der Waals surface area contributed by atoms with Crippen LogP contribution in [0.5, 0.6) is 0 Å². The predicted molar refractivity (Wildman–Crippen MR) is 78.5 cm³/mol. The number of halogens is 2. The molecule has 1 aromatic rings. The molecule has 0 spiro atoms. The number of hydrogen-bond donors (Lipinski definition) is 1. The monoisotopic (exact) mass is 349 g/mol. The molecular formula is C12H13ClFN3O4S. The van der Waals surface area contributed by atoms with Gasteiger partial charge in [-0.1, -0.05) is 11.6 Å². The van der Waals surface area contributed by atoms with Gasteiger partial charge in [-0.3, -0.25) is 4.79 Å². The number of nitrogens with one attached hydrogen (secondary N) is 1. The molecule has 1 rings (SSSR count). The van der Waals surface area contributed by atoms with E-state index >= 15 is 0 Å². The van der Waals surface area contributed by atoms with Crippen molar-refractivity contribution in [2.24, 2.45) is 4.99 Å². The number of carbonyl (C=O) groups excluding carboxylic acids is 2. The van der Waals surface area contributed by atoms with Gasteiger partial charge in [0.2, 0.25) is 6.08 Å². The Morgan fingerprint density at radius 1 is 1.45 bits per heavy atom. The summed E-state index contributed by atoms with van der Waals surface area (Å²) >= 11 is 5.80. The molecule has 1 aromatic carbocycles. The number of carbonyl (C=O) groups is 1. The van der Waals surface area contributed by atoms with E-state index in [0.717, 1.165) is 25.3 Å². The van der Waals surface area contributed by atoms with Crippen LogP contribution in [0.4, 0.5) is 10.1 Å². The van der Waals surface area contributed by atoms with Crippen LogP contribution in [-0.2, 0) is 15.0 Å². The van der Waals surface area contributed by atoms with E-state index in [0.29, 0.717) is 4.31 Å². The fourth-order valence-electron chi connectivity index (χ4n) is 1.67. The van der Waals surface area contributed by atoms with Gasteiger partial charge in [0.1, 0.15) is 5.69 Å². The number of nitrogens with zero attached hydrogens (tertiary/aromatic N) is 2.